The van der Waals surface area contributed by atoms with Gasteiger partial charge >= 0.3 is 0 Å². The zero-order chi connectivity index (χ0) is 18.3. The number of hydrogen-bond donors (Lipinski definition) is 2. The third-order valence-electron chi connectivity index (χ3n) is 4.06. The van der Waals surface area contributed by atoms with Crippen LogP contribution in [0.1, 0.15) is 38.5 Å². The first-order valence-electron chi connectivity index (χ1n) is 8.46. The number of nitrogens with one attached hydrogen (secondary N) is 2. The first-order valence-corrected chi connectivity index (χ1v) is 10.3. The summed E-state index contributed by atoms with van der Waals surface area (Å²) >= 11 is 0. The van der Waals surface area contributed by atoms with Crippen LogP contribution in [0.4, 0.5) is 5.69 Å². The van der Waals surface area contributed by atoms with Crippen LogP contribution in [-0.2, 0) is 10.0 Å². The number of anilines is 1. The van der Waals surface area contributed by atoms with Gasteiger partial charge in [-0.3, -0.25) is 4.72 Å². The van der Waals surface area contributed by atoms with Gasteiger partial charge in [0.2, 0.25) is 16.0 Å². The molecular weight excluding hydrogens is 342 g/mol. The van der Waals surface area contributed by atoms with E-state index in [1.165, 1.54) is 12.8 Å². The summed E-state index contributed by atoms with van der Waals surface area (Å²) in [4.78, 5) is 4.62. The van der Waals surface area contributed by atoms with Crippen molar-refractivity contribution in [1.82, 2.24) is 4.72 Å². The van der Waals surface area contributed by atoms with E-state index in [4.69, 9.17) is 9.47 Å². The fraction of sp³-hybridized carbons (Fsp3) is 0.588. The van der Waals surface area contributed by atoms with E-state index in [0.29, 0.717) is 17.2 Å². The van der Waals surface area contributed by atoms with Gasteiger partial charge in [-0.1, -0.05) is 25.7 Å². The third-order valence-corrected chi connectivity index (χ3v) is 4.63. The van der Waals surface area contributed by atoms with Crippen LogP contribution in [0, 0.1) is 0 Å². The molecule has 2 rings (SSSR count). The van der Waals surface area contributed by atoms with Gasteiger partial charge in [-0.05, 0) is 25.0 Å². The van der Waals surface area contributed by atoms with Crippen molar-refractivity contribution in [3.05, 3.63) is 18.2 Å². The maximum absolute atomic E-state index is 11.7. The maximum atomic E-state index is 11.7. The van der Waals surface area contributed by atoms with Gasteiger partial charge in [0.15, 0.2) is 11.5 Å². The molecule has 2 N–H and O–H groups in total. The number of benzene rings is 1. The van der Waals surface area contributed by atoms with Crippen molar-refractivity contribution in [2.24, 2.45) is 4.99 Å². The molecule has 1 aliphatic rings. The number of hydrogen-bond acceptors (Lipinski definition) is 5. The van der Waals surface area contributed by atoms with Crippen molar-refractivity contribution in [1.29, 1.82) is 0 Å². The minimum absolute atomic E-state index is 0.124. The fourth-order valence-corrected chi connectivity index (χ4v) is 3.33. The van der Waals surface area contributed by atoms with Gasteiger partial charge in [-0.25, -0.2) is 13.4 Å². The topological polar surface area (TPSA) is 89.0 Å². The second kappa shape index (κ2) is 8.94. The summed E-state index contributed by atoms with van der Waals surface area (Å²) in [5.74, 6) is 1.40. The largest absolute Gasteiger partial charge is 0.493 e. The lowest BCUT2D eigenvalue weighted by Crippen LogP contribution is -2.36. The number of ether oxygens (including phenoxy) is 2. The van der Waals surface area contributed by atoms with Crippen LogP contribution >= 0.6 is 0 Å². The molecule has 0 aromatic heterocycles. The number of nitrogens with zero attached hydrogens (tertiary/aromatic N) is 1. The number of rotatable bonds is 5. The molecule has 1 saturated carbocycles. The fourth-order valence-electron chi connectivity index (χ4n) is 2.88. The molecule has 0 amide bonds. The Morgan fingerprint density at radius 3 is 2.28 bits per heavy atom. The summed E-state index contributed by atoms with van der Waals surface area (Å²) in [6.45, 7) is 0. The highest BCUT2D eigenvalue weighted by molar-refractivity contribution is 7.89. The Morgan fingerprint density at radius 2 is 1.72 bits per heavy atom. The SMILES string of the molecule is COc1ccc(NC(=NC2CCCCCC2)NS(C)(=O)=O)cc1OC. The molecule has 25 heavy (non-hydrogen) atoms. The molecule has 0 saturated heterocycles. The average Bonchev–Trinajstić information content (AvgIpc) is 2.81. The van der Waals surface area contributed by atoms with Crippen LogP contribution < -0.4 is 19.5 Å². The molecule has 8 heteroatoms. The Kier molecular flexibility index (Phi) is 6.92. The molecule has 1 aliphatic carbocycles. The molecule has 0 radical (unpaired) electrons. The summed E-state index contributed by atoms with van der Waals surface area (Å²) in [5, 5.41) is 3.05. The summed E-state index contributed by atoms with van der Waals surface area (Å²) < 4.78 is 36.4. The van der Waals surface area contributed by atoms with E-state index in [1.54, 1.807) is 32.4 Å². The van der Waals surface area contributed by atoms with Gasteiger partial charge in [0, 0.05) is 11.8 Å². The van der Waals surface area contributed by atoms with E-state index >= 15 is 0 Å². The van der Waals surface area contributed by atoms with E-state index in [2.05, 4.69) is 15.0 Å². The second-order valence-electron chi connectivity index (χ2n) is 6.19. The highest BCUT2D eigenvalue weighted by Gasteiger charge is 2.15. The zero-order valence-electron chi connectivity index (χ0n) is 15.0. The first kappa shape index (κ1) is 19.4. The van der Waals surface area contributed by atoms with Crippen LogP contribution in [0.2, 0.25) is 0 Å². The monoisotopic (exact) mass is 369 g/mol. The lowest BCUT2D eigenvalue weighted by atomic mass is 10.1. The van der Waals surface area contributed by atoms with Crippen molar-refractivity contribution in [2.75, 3.05) is 25.8 Å². The smallest absolute Gasteiger partial charge is 0.232 e. The van der Waals surface area contributed by atoms with Crippen LogP contribution in [0.25, 0.3) is 0 Å². The van der Waals surface area contributed by atoms with Crippen LogP contribution in [-0.4, -0.2) is 40.9 Å². The van der Waals surface area contributed by atoms with E-state index in [0.717, 1.165) is 31.9 Å². The molecule has 1 fully saturated rings. The number of aliphatic imine (C=N–C) groups is 1. The molecule has 0 spiro atoms. The van der Waals surface area contributed by atoms with Crippen LogP contribution in [0.15, 0.2) is 23.2 Å². The van der Waals surface area contributed by atoms with E-state index < -0.39 is 10.0 Å². The van der Waals surface area contributed by atoms with Gasteiger partial charge in [0.05, 0.1) is 26.5 Å². The molecule has 140 valence electrons. The Balaban J connectivity index is 2.23. The Morgan fingerprint density at radius 1 is 1.08 bits per heavy atom. The van der Waals surface area contributed by atoms with Crippen LogP contribution in [0.5, 0.6) is 11.5 Å². The van der Waals surface area contributed by atoms with E-state index in [1.807, 2.05) is 0 Å². The standard InChI is InChI=1S/C17H27N3O4S/c1-23-15-11-10-14(12-16(15)24-2)19-17(20-25(3,21)22)18-13-8-6-4-5-7-9-13/h10-13H,4-9H2,1-3H3,(H2,18,19,20). The van der Waals surface area contributed by atoms with Gasteiger partial charge in [-0.15, -0.1) is 0 Å². The van der Waals surface area contributed by atoms with Crippen molar-refractivity contribution < 1.29 is 17.9 Å². The van der Waals surface area contributed by atoms with Gasteiger partial charge in [0.25, 0.3) is 0 Å². The lowest BCUT2D eigenvalue weighted by Gasteiger charge is -2.16. The molecule has 1 aromatic rings. The maximum Gasteiger partial charge on any atom is 0.232 e. The highest BCUT2D eigenvalue weighted by Crippen LogP contribution is 2.29. The predicted octanol–water partition coefficient (Wildman–Crippen LogP) is 2.74. The first-order chi connectivity index (χ1) is 11.9. The Hall–Kier alpha value is -1.96. The molecule has 0 unspecified atom stereocenters. The summed E-state index contributed by atoms with van der Waals surface area (Å²) in [7, 11) is -0.314. The molecule has 0 atom stereocenters. The van der Waals surface area contributed by atoms with Crippen molar-refractivity contribution in [2.45, 2.75) is 44.6 Å². The van der Waals surface area contributed by atoms with Gasteiger partial charge < -0.3 is 14.8 Å². The van der Waals surface area contributed by atoms with Gasteiger partial charge in [-0.2, -0.15) is 0 Å². The normalized spacial score (nSPS) is 16.8. The number of sulfonamides is 1. The Bertz CT molecular complexity index is 696. The van der Waals surface area contributed by atoms with Crippen molar-refractivity contribution >= 4 is 21.7 Å². The molecule has 0 bridgehead atoms. The Labute approximate surface area is 149 Å². The molecule has 0 aliphatic heterocycles. The van der Waals surface area contributed by atoms with Gasteiger partial charge in [0.1, 0.15) is 0 Å². The van der Waals surface area contributed by atoms with Crippen LogP contribution in [0.3, 0.4) is 0 Å². The lowest BCUT2D eigenvalue weighted by molar-refractivity contribution is 0.355. The minimum Gasteiger partial charge on any atom is -0.493 e. The van der Waals surface area contributed by atoms with Crippen molar-refractivity contribution in [3.8, 4) is 11.5 Å². The summed E-state index contributed by atoms with van der Waals surface area (Å²) in [6, 6.07) is 5.41. The second-order valence-corrected chi connectivity index (χ2v) is 7.94. The molecular formula is C17H27N3O4S. The van der Waals surface area contributed by atoms with E-state index in [9.17, 15) is 8.42 Å². The summed E-state index contributed by atoms with van der Waals surface area (Å²) in [6.07, 6.45) is 7.73. The molecule has 7 nitrogen and oxygen atoms in total. The molecule has 1 aromatic carbocycles. The number of methoxy groups -OCH3 is 2. The summed E-state index contributed by atoms with van der Waals surface area (Å²) in [5.41, 5.74) is 0.668. The molecule has 0 heterocycles. The zero-order valence-corrected chi connectivity index (χ0v) is 15.9. The van der Waals surface area contributed by atoms with Crippen molar-refractivity contribution in [3.63, 3.8) is 0 Å². The predicted molar refractivity (Wildman–Crippen MR) is 100 cm³/mol. The minimum atomic E-state index is -3.43. The quantitative estimate of drug-likeness (QED) is 0.473. The third kappa shape index (κ3) is 6.45. The number of guanidine groups is 1. The average molecular weight is 369 g/mol. The highest BCUT2D eigenvalue weighted by atomic mass is 32.2. The van der Waals surface area contributed by atoms with E-state index in [-0.39, 0.29) is 12.0 Å².